The van der Waals surface area contributed by atoms with E-state index in [-0.39, 0.29) is 25.0 Å². The molecule has 0 unspecified atom stereocenters. The highest BCUT2D eigenvalue weighted by atomic mass is 16.5. The minimum absolute atomic E-state index is 0.0769. The Bertz CT molecular complexity index is 861. The Morgan fingerprint density at radius 3 is 2.03 bits per heavy atom. The topological polar surface area (TPSA) is 98.8 Å². The van der Waals surface area contributed by atoms with Crippen LogP contribution in [0, 0.1) is 0 Å². The molecular formula is C22H23NO6. The number of benzene rings is 2. The Balaban J connectivity index is 2.03. The van der Waals surface area contributed by atoms with Crippen molar-refractivity contribution >= 4 is 23.6 Å². The molecule has 29 heavy (non-hydrogen) atoms. The second-order valence-electron chi connectivity index (χ2n) is 6.32. The first-order valence-electron chi connectivity index (χ1n) is 9.07. The molecule has 0 aliphatic heterocycles. The highest BCUT2D eigenvalue weighted by Crippen LogP contribution is 2.13. The van der Waals surface area contributed by atoms with Crippen molar-refractivity contribution in [3.8, 4) is 0 Å². The third-order valence-electron chi connectivity index (χ3n) is 4.30. The lowest BCUT2D eigenvalue weighted by Crippen LogP contribution is -2.43. The maximum absolute atomic E-state index is 12.5. The van der Waals surface area contributed by atoms with Gasteiger partial charge in [0, 0.05) is 24.0 Å². The standard InChI is InChI=1S/C22H23NO6/c1-28-20(25)13-12-19(24)23-18(22(27)29-2)14-15-8-10-17(11-9-15)21(26)16-6-4-3-5-7-16/h3-11,18H,12-14H2,1-2H3,(H,23,24)/t18-/m1/s1. The maximum Gasteiger partial charge on any atom is 0.328 e. The molecule has 0 heterocycles. The van der Waals surface area contributed by atoms with Gasteiger partial charge in [-0.25, -0.2) is 4.79 Å². The predicted molar refractivity (Wildman–Crippen MR) is 105 cm³/mol. The van der Waals surface area contributed by atoms with Gasteiger partial charge in [-0.2, -0.15) is 0 Å². The molecule has 0 aliphatic rings. The van der Waals surface area contributed by atoms with Crippen LogP contribution in [0.3, 0.4) is 0 Å². The molecule has 1 amide bonds. The Kier molecular flexibility index (Phi) is 8.09. The first-order valence-corrected chi connectivity index (χ1v) is 9.07. The highest BCUT2D eigenvalue weighted by Gasteiger charge is 2.22. The monoisotopic (exact) mass is 397 g/mol. The number of esters is 2. The summed E-state index contributed by atoms with van der Waals surface area (Å²) >= 11 is 0. The number of carbonyl (C=O) groups is 4. The number of hydrogen-bond acceptors (Lipinski definition) is 6. The van der Waals surface area contributed by atoms with E-state index in [2.05, 4.69) is 10.1 Å². The van der Waals surface area contributed by atoms with Gasteiger partial charge in [-0.1, -0.05) is 54.6 Å². The van der Waals surface area contributed by atoms with Crippen LogP contribution >= 0.6 is 0 Å². The van der Waals surface area contributed by atoms with Crippen LogP contribution < -0.4 is 5.32 Å². The molecule has 0 radical (unpaired) electrons. The zero-order valence-electron chi connectivity index (χ0n) is 16.3. The number of ketones is 1. The molecule has 2 aromatic carbocycles. The Morgan fingerprint density at radius 2 is 1.45 bits per heavy atom. The van der Waals surface area contributed by atoms with Crippen LogP contribution in [-0.2, 0) is 30.3 Å². The molecule has 1 N–H and O–H groups in total. The molecule has 0 saturated carbocycles. The Morgan fingerprint density at radius 1 is 0.828 bits per heavy atom. The summed E-state index contributed by atoms with van der Waals surface area (Å²) in [6.07, 6.45) is 0.0215. The van der Waals surface area contributed by atoms with Crippen LogP contribution in [0.1, 0.15) is 34.3 Å². The number of hydrogen-bond donors (Lipinski definition) is 1. The second-order valence-corrected chi connectivity index (χ2v) is 6.32. The fourth-order valence-electron chi connectivity index (χ4n) is 2.70. The normalized spacial score (nSPS) is 11.2. The van der Waals surface area contributed by atoms with Crippen molar-refractivity contribution in [2.45, 2.75) is 25.3 Å². The van der Waals surface area contributed by atoms with Crippen molar-refractivity contribution in [3.63, 3.8) is 0 Å². The van der Waals surface area contributed by atoms with E-state index in [1.807, 2.05) is 6.07 Å². The quantitative estimate of drug-likeness (QED) is 0.514. The smallest absolute Gasteiger partial charge is 0.328 e. The first kappa shape index (κ1) is 21.8. The fourth-order valence-corrected chi connectivity index (χ4v) is 2.70. The van der Waals surface area contributed by atoms with Gasteiger partial charge in [-0.15, -0.1) is 0 Å². The van der Waals surface area contributed by atoms with Crippen molar-refractivity contribution in [1.29, 1.82) is 0 Å². The van der Waals surface area contributed by atoms with E-state index in [1.165, 1.54) is 14.2 Å². The van der Waals surface area contributed by atoms with Gasteiger partial charge >= 0.3 is 11.9 Å². The molecule has 2 rings (SSSR count). The molecule has 1 atom stereocenters. The summed E-state index contributed by atoms with van der Waals surface area (Å²) in [6.45, 7) is 0. The van der Waals surface area contributed by atoms with Crippen molar-refractivity contribution in [2.75, 3.05) is 14.2 Å². The summed E-state index contributed by atoms with van der Waals surface area (Å²) in [5.41, 5.74) is 1.86. The molecule has 2 aromatic rings. The van der Waals surface area contributed by atoms with Crippen LogP contribution in [0.4, 0.5) is 0 Å². The zero-order valence-corrected chi connectivity index (χ0v) is 16.3. The molecule has 0 bridgehead atoms. The van der Waals surface area contributed by atoms with Crippen LogP contribution in [0.15, 0.2) is 54.6 Å². The van der Waals surface area contributed by atoms with Crippen molar-refractivity contribution in [1.82, 2.24) is 5.32 Å². The number of carbonyl (C=O) groups excluding carboxylic acids is 4. The van der Waals surface area contributed by atoms with E-state index in [0.29, 0.717) is 11.1 Å². The van der Waals surface area contributed by atoms with Crippen LogP contribution in [0.2, 0.25) is 0 Å². The van der Waals surface area contributed by atoms with E-state index in [9.17, 15) is 19.2 Å². The molecule has 0 saturated heterocycles. The minimum Gasteiger partial charge on any atom is -0.469 e. The summed E-state index contributed by atoms with van der Waals surface area (Å²) in [6, 6.07) is 14.8. The lowest BCUT2D eigenvalue weighted by Gasteiger charge is -2.16. The summed E-state index contributed by atoms with van der Waals surface area (Å²) < 4.78 is 9.25. The van der Waals surface area contributed by atoms with Crippen molar-refractivity contribution in [3.05, 3.63) is 71.3 Å². The van der Waals surface area contributed by atoms with Crippen LogP contribution in [0.5, 0.6) is 0 Å². The number of rotatable bonds is 9. The Hall–Kier alpha value is -3.48. The first-order chi connectivity index (χ1) is 13.9. The third kappa shape index (κ3) is 6.57. The second kappa shape index (κ2) is 10.8. The van der Waals surface area contributed by atoms with Crippen molar-refractivity contribution in [2.24, 2.45) is 0 Å². The minimum atomic E-state index is -0.902. The van der Waals surface area contributed by atoms with Gasteiger partial charge in [0.25, 0.3) is 0 Å². The van der Waals surface area contributed by atoms with Gasteiger partial charge in [0.05, 0.1) is 20.6 Å². The van der Waals surface area contributed by atoms with E-state index < -0.39 is 23.9 Å². The SMILES string of the molecule is COC(=O)CCC(=O)N[C@H](Cc1ccc(C(=O)c2ccccc2)cc1)C(=O)OC. The Labute approximate surface area is 169 Å². The van der Waals surface area contributed by atoms with Gasteiger partial charge in [-0.05, 0) is 5.56 Å². The van der Waals surface area contributed by atoms with Crippen LogP contribution in [-0.4, -0.2) is 43.9 Å². The number of amides is 1. The van der Waals surface area contributed by atoms with E-state index in [4.69, 9.17) is 4.74 Å². The third-order valence-corrected chi connectivity index (χ3v) is 4.30. The summed E-state index contributed by atoms with van der Waals surface area (Å²) in [5.74, 6) is -1.66. The van der Waals surface area contributed by atoms with Gasteiger partial charge in [0.2, 0.25) is 5.91 Å². The van der Waals surface area contributed by atoms with Gasteiger partial charge < -0.3 is 14.8 Å². The predicted octanol–water partition coefficient (Wildman–Crippen LogP) is 2.07. The largest absolute Gasteiger partial charge is 0.469 e. The molecule has 0 fully saturated rings. The average Bonchev–Trinajstić information content (AvgIpc) is 2.77. The van der Waals surface area contributed by atoms with Gasteiger partial charge in [0.1, 0.15) is 6.04 Å². The molecular weight excluding hydrogens is 374 g/mol. The summed E-state index contributed by atoms with van der Waals surface area (Å²) in [5, 5.41) is 2.57. The molecule has 7 heteroatoms. The lowest BCUT2D eigenvalue weighted by atomic mass is 9.99. The molecule has 0 aromatic heterocycles. The summed E-state index contributed by atoms with van der Waals surface area (Å²) in [4.78, 5) is 47.7. The lowest BCUT2D eigenvalue weighted by molar-refractivity contribution is -0.145. The molecule has 7 nitrogen and oxygen atoms in total. The molecule has 152 valence electrons. The van der Waals surface area contributed by atoms with Gasteiger partial charge in [0.15, 0.2) is 5.78 Å². The zero-order chi connectivity index (χ0) is 21.2. The van der Waals surface area contributed by atoms with Crippen molar-refractivity contribution < 1.29 is 28.7 Å². The van der Waals surface area contributed by atoms with E-state index in [0.717, 1.165) is 5.56 Å². The number of methoxy groups -OCH3 is 2. The summed E-state index contributed by atoms with van der Waals surface area (Å²) in [7, 11) is 2.47. The number of ether oxygens (including phenoxy) is 2. The number of nitrogens with one attached hydrogen (secondary N) is 1. The molecule has 0 aliphatic carbocycles. The maximum atomic E-state index is 12.5. The van der Waals surface area contributed by atoms with Gasteiger partial charge in [-0.3, -0.25) is 14.4 Å². The average molecular weight is 397 g/mol. The van der Waals surface area contributed by atoms with E-state index in [1.54, 1.807) is 48.5 Å². The fraction of sp³-hybridized carbons (Fsp3) is 0.273. The highest BCUT2D eigenvalue weighted by molar-refractivity contribution is 6.08. The molecule has 0 spiro atoms. The van der Waals surface area contributed by atoms with E-state index >= 15 is 0 Å². The van der Waals surface area contributed by atoms with Crippen LogP contribution in [0.25, 0.3) is 0 Å².